The summed E-state index contributed by atoms with van der Waals surface area (Å²) in [5.41, 5.74) is 0.778. The zero-order valence-corrected chi connectivity index (χ0v) is 11.3. The van der Waals surface area contributed by atoms with Gasteiger partial charge in [-0.2, -0.15) is 0 Å². The number of aliphatic hydroxyl groups excluding tert-OH is 1. The van der Waals surface area contributed by atoms with Gasteiger partial charge in [0.2, 0.25) is 0 Å². The number of methoxy groups -OCH3 is 1. The zero-order chi connectivity index (χ0) is 12.3. The average molecular weight is 291 g/mol. The van der Waals surface area contributed by atoms with Gasteiger partial charge in [-0.05, 0) is 39.2 Å². The van der Waals surface area contributed by atoms with E-state index in [0.29, 0.717) is 16.6 Å². The Morgan fingerprint density at radius 1 is 1.44 bits per heavy atom. The maximum Gasteiger partial charge on any atom is 0.141 e. The second-order valence-electron chi connectivity index (χ2n) is 4.41. The molecule has 0 bridgehead atoms. The van der Waals surface area contributed by atoms with Gasteiger partial charge in [0, 0.05) is 12.5 Å². The Morgan fingerprint density at radius 3 is 2.56 bits per heavy atom. The van der Waals surface area contributed by atoms with Gasteiger partial charge in [-0.3, -0.25) is 0 Å². The first-order valence-electron chi connectivity index (χ1n) is 5.00. The fraction of sp³-hybridized carbons (Fsp3) is 0.500. The van der Waals surface area contributed by atoms with Crippen molar-refractivity contribution in [3.8, 4) is 0 Å². The van der Waals surface area contributed by atoms with Gasteiger partial charge in [0.15, 0.2) is 0 Å². The Morgan fingerprint density at radius 2 is 2.06 bits per heavy atom. The van der Waals surface area contributed by atoms with Crippen molar-refractivity contribution in [2.75, 3.05) is 13.7 Å². The van der Waals surface area contributed by atoms with Crippen LogP contribution < -0.4 is 0 Å². The van der Waals surface area contributed by atoms with E-state index in [-0.39, 0.29) is 12.4 Å². The number of hydrogen-bond donors (Lipinski definition) is 1. The van der Waals surface area contributed by atoms with Gasteiger partial charge < -0.3 is 9.84 Å². The molecule has 0 atom stereocenters. The Hall–Kier alpha value is -0.450. The molecule has 1 aromatic rings. The summed E-state index contributed by atoms with van der Waals surface area (Å²) in [7, 11) is 1.59. The molecule has 0 fully saturated rings. The Balaban J connectivity index is 3.26. The van der Waals surface area contributed by atoms with E-state index in [4.69, 9.17) is 4.74 Å². The minimum absolute atomic E-state index is 0.104. The molecular formula is C12H16BrFO2. The number of benzene rings is 1. The summed E-state index contributed by atoms with van der Waals surface area (Å²) >= 11 is 3.18. The number of aliphatic hydroxyl groups is 1. The number of halogens is 2. The molecule has 0 aromatic heterocycles. The first-order valence-corrected chi connectivity index (χ1v) is 5.80. The summed E-state index contributed by atoms with van der Waals surface area (Å²) in [5.74, 6) is -0.320. The first-order chi connectivity index (χ1) is 7.42. The van der Waals surface area contributed by atoms with Gasteiger partial charge in [0.05, 0.1) is 17.7 Å². The van der Waals surface area contributed by atoms with E-state index >= 15 is 0 Å². The molecule has 0 radical (unpaired) electrons. The van der Waals surface area contributed by atoms with Crippen molar-refractivity contribution in [1.82, 2.24) is 0 Å². The minimum atomic E-state index is -0.601. The minimum Gasteiger partial charge on any atom is -0.395 e. The summed E-state index contributed by atoms with van der Waals surface area (Å²) in [5, 5.41) is 9.27. The van der Waals surface area contributed by atoms with Gasteiger partial charge in [0.1, 0.15) is 5.82 Å². The topological polar surface area (TPSA) is 29.5 Å². The van der Waals surface area contributed by atoms with Gasteiger partial charge >= 0.3 is 0 Å². The summed E-state index contributed by atoms with van der Waals surface area (Å²) in [6.07, 6.45) is 0. The van der Waals surface area contributed by atoms with Crippen molar-refractivity contribution < 1.29 is 14.2 Å². The van der Waals surface area contributed by atoms with Gasteiger partial charge in [-0.25, -0.2) is 4.39 Å². The van der Waals surface area contributed by atoms with Crippen molar-refractivity contribution in [2.24, 2.45) is 0 Å². The molecule has 0 spiro atoms. The highest BCUT2D eigenvalue weighted by atomic mass is 79.9. The SMILES string of the molecule is COCc1cc(Br)c(F)c(C(C)(C)CO)c1. The number of ether oxygens (including phenoxy) is 1. The summed E-state index contributed by atoms with van der Waals surface area (Å²) in [6.45, 7) is 3.92. The van der Waals surface area contributed by atoms with Crippen LogP contribution in [0.5, 0.6) is 0 Å². The third kappa shape index (κ3) is 2.81. The van der Waals surface area contributed by atoms with Crippen LogP contribution in [-0.4, -0.2) is 18.8 Å². The van der Waals surface area contributed by atoms with Crippen LogP contribution >= 0.6 is 15.9 Å². The Kier molecular flexibility index (Phi) is 4.47. The second kappa shape index (κ2) is 5.25. The lowest BCUT2D eigenvalue weighted by molar-refractivity contribution is 0.184. The lowest BCUT2D eigenvalue weighted by Crippen LogP contribution is -2.24. The third-order valence-corrected chi connectivity index (χ3v) is 3.10. The van der Waals surface area contributed by atoms with Gasteiger partial charge in [0.25, 0.3) is 0 Å². The molecule has 1 N–H and O–H groups in total. The maximum atomic E-state index is 13.9. The van der Waals surface area contributed by atoms with Crippen LogP contribution in [0, 0.1) is 5.82 Å². The molecule has 16 heavy (non-hydrogen) atoms. The van der Waals surface area contributed by atoms with Crippen molar-refractivity contribution in [3.05, 3.63) is 33.5 Å². The van der Waals surface area contributed by atoms with Crippen molar-refractivity contribution in [1.29, 1.82) is 0 Å². The van der Waals surface area contributed by atoms with Crippen LogP contribution in [0.3, 0.4) is 0 Å². The van der Waals surface area contributed by atoms with E-state index in [2.05, 4.69) is 15.9 Å². The van der Waals surface area contributed by atoms with Gasteiger partial charge in [-0.15, -0.1) is 0 Å². The molecular weight excluding hydrogens is 275 g/mol. The largest absolute Gasteiger partial charge is 0.395 e. The fourth-order valence-electron chi connectivity index (χ4n) is 1.47. The number of hydrogen-bond acceptors (Lipinski definition) is 2. The van der Waals surface area contributed by atoms with Gasteiger partial charge in [-0.1, -0.05) is 13.8 Å². The summed E-state index contributed by atoms with van der Waals surface area (Å²) < 4.78 is 19.3. The molecule has 0 aliphatic rings. The molecule has 0 aliphatic carbocycles. The highest BCUT2D eigenvalue weighted by Crippen LogP contribution is 2.31. The van der Waals surface area contributed by atoms with Crippen molar-refractivity contribution in [3.63, 3.8) is 0 Å². The molecule has 1 aromatic carbocycles. The van der Waals surface area contributed by atoms with Crippen molar-refractivity contribution in [2.45, 2.75) is 25.9 Å². The summed E-state index contributed by atoms with van der Waals surface area (Å²) in [6, 6.07) is 3.43. The van der Waals surface area contributed by atoms with E-state index in [0.717, 1.165) is 5.56 Å². The first kappa shape index (κ1) is 13.6. The molecule has 0 aliphatic heterocycles. The molecule has 4 heteroatoms. The van der Waals surface area contributed by atoms with Crippen LogP contribution in [0.2, 0.25) is 0 Å². The molecule has 0 saturated heterocycles. The average Bonchev–Trinajstić information content (AvgIpc) is 2.23. The maximum absolute atomic E-state index is 13.9. The molecule has 0 amide bonds. The molecule has 90 valence electrons. The molecule has 0 unspecified atom stereocenters. The zero-order valence-electron chi connectivity index (χ0n) is 9.68. The summed E-state index contributed by atoms with van der Waals surface area (Å²) in [4.78, 5) is 0. The van der Waals surface area contributed by atoms with E-state index in [1.54, 1.807) is 33.1 Å². The van der Waals surface area contributed by atoms with Crippen LogP contribution in [0.15, 0.2) is 16.6 Å². The molecule has 2 nitrogen and oxygen atoms in total. The van der Waals surface area contributed by atoms with Crippen LogP contribution in [0.1, 0.15) is 25.0 Å². The van der Waals surface area contributed by atoms with Crippen LogP contribution in [-0.2, 0) is 16.8 Å². The van der Waals surface area contributed by atoms with Crippen molar-refractivity contribution >= 4 is 15.9 Å². The smallest absolute Gasteiger partial charge is 0.141 e. The lowest BCUT2D eigenvalue weighted by Gasteiger charge is -2.24. The Bertz CT molecular complexity index is 378. The Labute approximate surface area is 104 Å². The van der Waals surface area contributed by atoms with Crippen LogP contribution in [0.4, 0.5) is 4.39 Å². The normalized spacial score (nSPS) is 11.9. The third-order valence-electron chi connectivity index (χ3n) is 2.52. The van der Waals surface area contributed by atoms with E-state index in [1.807, 2.05) is 0 Å². The molecule has 0 saturated carbocycles. The van der Waals surface area contributed by atoms with E-state index in [9.17, 15) is 9.50 Å². The number of rotatable bonds is 4. The highest BCUT2D eigenvalue weighted by Gasteiger charge is 2.25. The van der Waals surface area contributed by atoms with E-state index in [1.165, 1.54) is 0 Å². The fourth-order valence-corrected chi connectivity index (χ4v) is 1.98. The predicted octanol–water partition coefficient (Wildman–Crippen LogP) is 3.00. The second-order valence-corrected chi connectivity index (χ2v) is 5.27. The molecule has 0 heterocycles. The predicted molar refractivity (Wildman–Crippen MR) is 64.9 cm³/mol. The monoisotopic (exact) mass is 290 g/mol. The highest BCUT2D eigenvalue weighted by molar-refractivity contribution is 9.10. The lowest BCUT2D eigenvalue weighted by atomic mass is 9.84. The molecule has 1 rings (SSSR count). The van der Waals surface area contributed by atoms with E-state index < -0.39 is 5.41 Å². The standard InChI is InChI=1S/C12H16BrFO2/c1-12(2,7-15)9-4-8(6-16-3)5-10(13)11(9)14/h4-5,15H,6-7H2,1-3H3. The van der Waals surface area contributed by atoms with Crippen LogP contribution in [0.25, 0.3) is 0 Å². The quantitative estimate of drug-likeness (QED) is 0.924.